The minimum absolute atomic E-state index is 0. The molecule has 1 aromatic heterocycles. The molecule has 1 aliphatic heterocycles. The van der Waals surface area contributed by atoms with Crippen LogP contribution in [0, 0.1) is 5.92 Å². The Bertz CT molecular complexity index is 576. The Hall–Kier alpha value is -0.690. The van der Waals surface area contributed by atoms with Crippen LogP contribution in [0.2, 0.25) is 0 Å². The first-order chi connectivity index (χ1) is 10.7. The van der Waals surface area contributed by atoms with E-state index in [1.165, 1.54) is 19.3 Å². The van der Waals surface area contributed by atoms with E-state index in [4.69, 9.17) is 0 Å². The third-order valence-electron chi connectivity index (χ3n) is 4.79. The van der Waals surface area contributed by atoms with E-state index < -0.39 is 10.0 Å². The number of hydrogen-bond acceptors (Lipinski definition) is 4. The van der Waals surface area contributed by atoms with Gasteiger partial charge in [-0.15, -0.1) is 12.4 Å². The van der Waals surface area contributed by atoms with Crippen molar-refractivity contribution < 1.29 is 8.42 Å². The van der Waals surface area contributed by atoms with E-state index in [0.717, 1.165) is 24.9 Å². The Balaban J connectivity index is 0.00000192. The van der Waals surface area contributed by atoms with Gasteiger partial charge < -0.3 is 5.32 Å². The first-order valence-corrected chi connectivity index (χ1v) is 9.88. The van der Waals surface area contributed by atoms with Gasteiger partial charge in [0.05, 0.1) is 11.8 Å². The number of nitrogens with one attached hydrogen (secondary N) is 1. The van der Waals surface area contributed by atoms with Crippen molar-refractivity contribution in [2.24, 2.45) is 5.92 Å². The first-order valence-electron chi connectivity index (χ1n) is 8.27. The number of nitrogens with zero attached hydrogens (tertiary/aromatic N) is 2. The summed E-state index contributed by atoms with van der Waals surface area (Å²) in [5, 5.41) is 3.31. The maximum Gasteiger partial charge on any atom is 0.215 e. The number of piperazine rings is 1. The molecule has 5 nitrogen and oxygen atoms in total. The van der Waals surface area contributed by atoms with Crippen molar-refractivity contribution in [3.8, 4) is 0 Å². The lowest BCUT2D eigenvalue weighted by molar-refractivity contribution is 0.266. The second kappa shape index (κ2) is 8.42. The highest BCUT2D eigenvalue weighted by molar-refractivity contribution is 7.89. The number of rotatable bonds is 4. The summed E-state index contributed by atoms with van der Waals surface area (Å²) in [7, 11) is -3.21. The second-order valence-corrected chi connectivity index (χ2v) is 8.37. The minimum atomic E-state index is -3.21. The molecule has 3 rings (SSSR count). The Morgan fingerprint density at radius 2 is 2.04 bits per heavy atom. The van der Waals surface area contributed by atoms with Gasteiger partial charge in [-0.1, -0.05) is 25.3 Å². The molecule has 130 valence electrons. The average Bonchev–Trinajstić information content (AvgIpc) is 2.56. The summed E-state index contributed by atoms with van der Waals surface area (Å²) in [5.41, 5.74) is 0.974. The summed E-state index contributed by atoms with van der Waals surface area (Å²) in [6, 6.07) is 3.71. The van der Waals surface area contributed by atoms with Crippen molar-refractivity contribution >= 4 is 22.4 Å². The van der Waals surface area contributed by atoms with Crippen LogP contribution in [0.1, 0.15) is 43.7 Å². The largest absolute Gasteiger partial charge is 0.313 e. The monoisotopic (exact) mass is 359 g/mol. The predicted octanol–water partition coefficient (Wildman–Crippen LogP) is 2.36. The molecule has 1 saturated carbocycles. The molecule has 0 amide bonds. The van der Waals surface area contributed by atoms with E-state index in [2.05, 4.69) is 10.3 Å². The van der Waals surface area contributed by atoms with E-state index in [1.807, 2.05) is 12.1 Å². The van der Waals surface area contributed by atoms with Gasteiger partial charge in [0.1, 0.15) is 0 Å². The van der Waals surface area contributed by atoms with Crippen LogP contribution in [-0.4, -0.2) is 43.1 Å². The van der Waals surface area contributed by atoms with Crippen molar-refractivity contribution in [3.63, 3.8) is 0 Å². The summed E-state index contributed by atoms with van der Waals surface area (Å²) >= 11 is 0. The molecule has 1 aromatic rings. The number of aromatic nitrogens is 1. The van der Waals surface area contributed by atoms with Crippen LogP contribution < -0.4 is 5.32 Å². The minimum Gasteiger partial charge on any atom is -0.313 e. The van der Waals surface area contributed by atoms with Crippen LogP contribution in [0.15, 0.2) is 24.5 Å². The summed E-state index contributed by atoms with van der Waals surface area (Å²) in [4.78, 5) is 4.14. The van der Waals surface area contributed by atoms with Crippen LogP contribution in [0.4, 0.5) is 0 Å². The zero-order valence-corrected chi connectivity index (χ0v) is 15.0. The molecule has 1 N–H and O–H groups in total. The molecule has 7 heteroatoms. The second-order valence-electron chi connectivity index (χ2n) is 6.40. The Morgan fingerprint density at radius 3 is 2.74 bits per heavy atom. The lowest BCUT2D eigenvalue weighted by atomic mass is 9.91. The number of pyridine rings is 1. The third-order valence-corrected chi connectivity index (χ3v) is 6.84. The molecule has 1 unspecified atom stereocenters. The standard InChI is InChI=1S/C16H25N3O2S.ClH/c20-22(21,13-14-5-2-1-3-6-14)19-10-9-18-12-16(19)15-7-4-8-17-11-15;/h4,7-8,11,14,16,18H,1-3,5-6,9-10,12-13H2;1H. The molecule has 0 bridgehead atoms. The lowest BCUT2D eigenvalue weighted by Crippen LogP contribution is -2.50. The molecule has 1 saturated heterocycles. The maximum absolute atomic E-state index is 12.9. The van der Waals surface area contributed by atoms with Gasteiger partial charge in [-0.25, -0.2) is 8.42 Å². The van der Waals surface area contributed by atoms with Crippen molar-refractivity contribution in [2.45, 2.75) is 38.1 Å². The van der Waals surface area contributed by atoms with Crippen molar-refractivity contribution in [1.82, 2.24) is 14.6 Å². The van der Waals surface area contributed by atoms with Crippen LogP contribution in [0.5, 0.6) is 0 Å². The fourth-order valence-electron chi connectivity index (χ4n) is 3.62. The Kier molecular flexibility index (Phi) is 6.83. The molecule has 0 aromatic carbocycles. The van der Waals surface area contributed by atoms with Gasteiger partial charge in [-0.3, -0.25) is 4.98 Å². The Morgan fingerprint density at radius 1 is 1.26 bits per heavy atom. The summed E-state index contributed by atoms with van der Waals surface area (Å²) in [6.45, 7) is 1.94. The molecule has 23 heavy (non-hydrogen) atoms. The van der Waals surface area contributed by atoms with Crippen LogP contribution in [-0.2, 0) is 10.0 Å². The molecular formula is C16H26ClN3O2S. The van der Waals surface area contributed by atoms with E-state index in [9.17, 15) is 8.42 Å². The SMILES string of the molecule is Cl.O=S(=O)(CC1CCCCC1)N1CCNCC1c1cccnc1. The third kappa shape index (κ3) is 4.66. The van der Waals surface area contributed by atoms with Gasteiger partial charge in [-0.2, -0.15) is 4.31 Å². The van der Waals surface area contributed by atoms with E-state index in [-0.39, 0.29) is 18.4 Å². The molecule has 2 heterocycles. The smallest absolute Gasteiger partial charge is 0.215 e. The number of hydrogen-bond donors (Lipinski definition) is 1. The van der Waals surface area contributed by atoms with Crippen LogP contribution in [0.25, 0.3) is 0 Å². The molecule has 0 spiro atoms. The highest BCUT2D eigenvalue weighted by atomic mass is 35.5. The van der Waals surface area contributed by atoms with Crippen LogP contribution >= 0.6 is 12.4 Å². The number of sulfonamides is 1. The molecular weight excluding hydrogens is 334 g/mol. The van der Waals surface area contributed by atoms with Gasteiger partial charge in [0, 0.05) is 32.0 Å². The zero-order chi connectivity index (χ0) is 15.4. The van der Waals surface area contributed by atoms with Gasteiger partial charge in [0.15, 0.2) is 0 Å². The van der Waals surface area contributed by atoms with Gasteiger partial charge in [0.25, 0.3) is 0 Å². The molecule has 2 fully saturated rings. The van der Waals surface area contributed by atoms with Gasteiger partial charge >= 0.3 is 0 Å². The van der Waals surface area contributed by atoms with Gasteiger partial charge in [0.2, 0.25) is 10.0 Å². The highest BCUT2D eigenvalue weighted by Gasteiger charge is 2.35. The molecule has 0 radical (unpaired) electrons. The normalized spacial score (nSPS) is 24.1. The highest BCUT2D eigenvalue weighted by Crippen LogP contribution is 2.29. The molecule has 1 aliphatic carbocycles. The lowest BCUT2D eigenvalue weighted by Gasteiger charge is -2.36. The van der Waals surface area contributed by atoms with Crippen molar-refractivity contribution in [1.29, 1.82) is 0 Å². The summed E-state index contributed by atoms with van der Waals surface area (Å²) in [6.07, 6.45) is 9.22. The van der Waals surface area contributed by atoms with Crippen molar-refractivity contribution in [3.05, 3.63) is 30.1 Å². The maximum atomic E-state index is 12.9. The van der Waals surface area contributed by atoms with E-state index in [0.29, 0.717) is 24.8 Å². The van der Waals surface area contributed by atoms with Crippen molar-refractivity contribution in [2.75, 3.05) is 25.4 Å². The van der Waals surface area contributed by atoms with E-state index >= 15 is 0 Å². The number of halogens is 1. The topological polar surface area (TPSA) is 62.3 Å². The fraction of sp³-hybridized carbons (Fsp3) is 0.688. The summed E-state index contributed by atoms with van der Waals surface area (Å²) in [5.74, 6) is 0.646. The average molecular weight is 360 g/mol. The quantitative estimate of drug-likeness (QED) is 0.896. The molecule has 2 aliphatic rings. The fourth-order valence-corrected chi connectivity index (χ4v) is 5.70. The molecule has 1 atom stereocenters. The Labute approximate surface area is 145 Å². The first kappa shape index (κ1) is 18.6. The van der Waals surface area contributed by atoms with Gasteiger partial charge in [-0.05, 0) is 30.4 Å². The zero-order valence-electron chi connectivity index (χ0n) is 13.4. The predicted molar refractivity (Wildman–Crippen MR) is 94.2 cm³/mol. The van der Waals surface area contributed by atoms with E-state index in [1.54, 1.807) is 16.7 Å². The summed E-state index contributed by atoms with van der Waals surface area (Å²) < 4.78 is 27.5. The van der Waals surface area contributed by atoms with Crippen LogP contribution in [0.3, 0.4) is 0 Å².